The molecule has 0 spiro atoms. The number of pyridine rings is 1. The fourth-order valence-electron chi connectivity index (χ4n) is 2.08. The quantitative estimate of drug-likeness (QED) is 0.789. The molecule has 0 saturated heterocycles. The summed E-state index contributed by atoms with van der Waals surface area (Å²) in [4.78, 5) is 19.6. The fraction of sp³-hybridized carbons (Fsp3) is 0.250. The molecule has 1 saturated carbocycles. The maximum Gasteiger partial charge on any atom is 0.247 e. The van der Waals surface area contributed by atoms with E-state index in [1.807, 2.05) is 29.2 Å². The molecule has 102 valence electrons. The zero-order chi connectivity index (χ0) is 13.8. The van der Waals surface area contributed by atoms with Crippen LogP contribution in [0.3, 0.4) is 0 Å². The van der Waals surface area contributed by atoms with Crippen LogP contribution in [0, 0.1) is 0 Å². The van der Waals surface area contributed by atoms with Gasteiger partial charge in [0.2, 0.25) is 5.91 Å². The second-order valence-electron chi connectivity index (χ2n) is 4.90. The van der Waals surface area contributed by atoms with Crippen LogP contribution in [0.25, 0.3) is 6.08 Å². The minimum absolute atomic E-state index is 0.0877. The van der Waals surface area contributed by atoms with E-state index in [-0.39, 0.29) is 5.91 Å². The molecule has 3 rings (SSSR count). The summed E-state index contributed by atoms with van der Waals surface area (Å²) in [5, 5.41) is 2.05. The number of nitrogens with zero attached hydrogens (tertiary/aromatic N) is 2. The fourth-order valence-corrected chi connectivity index (χ4v) is 2.78. The molecule has 4 heteroatoms. The lowest BCUT2D eigenvalue weighted by Crippen LogP contribution is -2.30. The smallest absolute Gasteiger partial charge is 0.247 e. The number of carbonyl (C=O) groups is 1. The topological polar surface area (TPSA) is 33.2 Å². The van der Waals surface area contributed by atoms with E-state index >= 15 is 0 Å². The summed E-state index contributed by atoms with van der Waals surface area (Å²) < 4.78 is 0. The van der Waals surface area contributed by atoms with Crippen molar-refractivity contribution in [2.24, 2.45) is 0 Å². The van der Waals surface area contributed by atoms with Crippen molar-refractivity contribution >= 4 is 23.3 Å². The molecule has 1 fully saturated rings. The number of carbonyl (C=O) groups excluding carboxylic acids is 1. The van der Waals surface area contributed by atoms with Crippen molar-refractivity contribution in [1.82, 2.24) is 9.88 Å². The SMILES string of the molecule is O=C(/C=C/c1cccnc1)N(Cc1cccs1)C1CC1. The number of amides is 1. The third kappa shape index (κ3) is 3.33. The van der Waals surface area contributed by atoms with Gasteiger partial charge in [-0.3, -0.25) is 9.78 Å². The van der Waals surface area contributed by atoms with Gasteiger partial charge < -0.3 is 4.90 Å². The minimum Gasteiger partial charge on any atom is -0.331 e. The predicted octanol–water partition coefficient (Wildman–Crippen LogP) is 3.35. The first kappa shape index (κ1) is 13.1. The summed E-state index contributed by atoms with van der Waals surface area (Å²) in [5.41, 5.74) is 0.952. The Labute approximate surface area is 122 Å². The monoisotopic (exact) mass is 284 g/mol. The number of aromatic nitrogens is 1. The average Bonchev–Trinajstić information content (AvgIpc) is 3.20. The predicted molar refractivity (Wildman–Crippen MR) is 81.2 cm³/mol. The molecular weight excluding hydrogens is 268 g/mol. The van der Waals surface area contributed by atoms with Crippen molar-refractivity contribution in [3.63, 3.8) is 0 Å². The van der Waals surface area contributed by atoms with Gasteiger partial charge in [-0.2, -0.15) is 0 Å². The second kappa shape index (κ2) is 6.01. The highest BCUT2D eigenvalue weighted by Gasteiger charge is 2.31. The largest absolute Gasteiger partial charge is 0.331 e. The van der Waals surface area contributed by atoms with Crippen LogP contribution < -0.4 is 0 Å². The van der Waals surface area contributed by atoms with Gasteiger partial charge in [0.25, 0.3) is 0 Å². The number of rotatable bonds is 5. The first-order valence-corrected chi connectivity index (χ1v) is 7.62. The van der Waals surface area contributed by atoms with E-state index in [0.29, 0.717) is 6.04 Å². The van der Waals surface area contributed by atoms with Crippen molar-refractivity contribution in [3.05, 3.63) is 58.6 Å². The van der Waals surface area contributed by atoms with Gasteiger partial charge in [-0.25, -0.2) is 0 Å². The van der Waals surface area contributed by atoms with Gasteiger partial charge in [0.1, 0.15) is 0 Å². The van der Waals surface area contributed by atoms with E-state index < -0.39 is 0 Å². The third-order valence-electron chi connectivity index (χ3n) is 3.28. The number of hydrogen-bond acceptors (Lipinski definition) is 3. The molecule has 2 heterocycles. The molecule has 0 radical (unpaired) electrons. The van der Waals surface area contributed by atoms with Gasteiger partial charge in [0.05, 0.1) is 6.54 Å². The van der Waals surface area contributed by atoms with Crippen LogP contribution in [0.4, 0.5) is 0 Å². The summed E-state index contributed by atoms with van der Waals surface area (Å²) in [6, 6.07) is 8.34. The van der Waals surface area contributed by atoms with E-state index in [0.717, 1.165) is 24.9 Å². The molecule has 0 aliphatic heterocycles. The zero-order valence-corrected chi connectivity index (χ0v) is 11.9. The highest BCUT2D eigenvalue weighted by atomic mass is 32.1. The lowest BCUT2D eigenvalue weighted by molar-refractivity contribution is -0.127. The Morgan fingerprint density at radius 3 is 2.95 bits per heavy atom. The molecule has 3 nitrogen and oxygen atoms in total. The second-order valence-corrected chi connectivity index (χ2v) is 5.93. The third-order valence-corrected chi connectivity index (χ3v) is 4.14. The molecule has 1 amide bonds. The summed E-state index contributed by atoms with van der Waals surface area (Å²) in [6.45, 7) is 0.721. The van der Waals surface area contributed by atoms with E-state index in [1.54, 1.807) is 29.8 Å². The molecule has 2 aromatic heterocycles. The van der Waals surface area contributed by atoms with Crippen LogP contribution in [-0.2, 0) is 11.3 Å². The molecule has 20 heavy (non-hydrogen) atoms. The van der Waals surface area contributed by atoms with Gasteiger partial charge in [-0.05, 0) is 42.0 Å². The van der Waals surface area contributed by atoms with Crippen molar-refractivity contribution in [3.8, 4) is 0 Å². The summed E-state index contributed by atoms with van der Waals surface area (Å²) >= 11 is 1.70. The van der Waals surface area contributed by atoms with Crippen LogP contribution in [-0.4, -0.2) is 21.8 Å². The standard InChI is InChI=1S/C16H16N2OS/c19-16(8-5-13-3-1-9-17-11-13)18(14-6-7-14)12-15-4-2-10-20-15/h1-5,8-11,14H,6-7,12H2/b8-5+. The molecule has 0 unspecified atom stereocenters. The molecule has 0 aromatic carbocycles. The molecule has 1 aliphatic carbocycles. The Hall–Kier alpha value is -1.94. The maximum absolute atomic E-state index is 12.3. The highest BCUT2D eigenvalue weighted by Crippen LogP contribution is 2.29. The van der Waals surface area contributed by atoms with E-state index in [1.165, 1.54) is 4.88 Å². The number of hydrogen-bond donors (Lipinski definition) is 0. The van der Waals surface area contributed by atoms with Crippen LogP contribution in [0.2, 0.25) is 0 Å². The Morgan fingerprint density at radius 2 is 2.30 bits per heavy atom. The Bertz CT molecular complexity index is 588. The van der Waals surface area contributed by atoms with Gasteiger partial charge in [-0.1, -0.05) is 12.1 Å². The minimum atomic E-state index is 0.0877. The normalized spacial score (nSPS) is 14.6. The maximum atomic E-state index is 12.3. The van der Waals surface area contributed by atoms with Gasteiger partial charge in [-0.15, -0.1) is 11.3 Å². The summed E-state index contributed by atoms with van der Waals surface area (Å²) in [7, 11) is 0. The Balaban J connectivity index is 1.68. The first-order chi connectivity index (χ1) is 9.83. The molecule has 1 aliphatic rings. The molecule has 0 atom stereocenters. The van der Waals surface area contributed by atoms with Crippen LogP contribution in [0.15, 0.2) is 48.1 Å². The summed E-state index contributed by atoms with van der Waals surface area (Å²) in [6.07, 6.45) is 9.22. The first-order valence-electron chi connectivity index (χ1n) is 6.74. The van der Waals surface area contributed by atoms with Crippen molar-refractivity contribution in [2.45, 2.75) is 25.4 Å². The van der Waals surface area contributed by atoms with Crippen LogP contribution in [0.5, 0.6) is 0 Å². The Kier molecular flexibility index (Phi) is 3.92. The van der Waals surface area contributed by atoms with Crippen molar-refractivity contribution in [1.29, 1.82) is 0 Å². The lowest BCUT2D eigenvalue weighted by atomic mass is 10.2. The Morgan fingerprint density at radius 1 is 1.40 bits per heavy atom. The highest BCUT2D eigenvalue weighted by molar-refractivity contribution is 7.09. The molecule has 0 bridgehead atoms. The average molecular weight is 284 g/mol. The van der Waals surface area contributed by atoms with Crippen LogP contribution in [0.1, 0.15) is 23.3 Å². The summed E-state index contributed by atoms with van der Waals surface area (Å²) in [5.74, 6) is 0.0877. The van der Waals surface area contributed by atoms with E-state index in [2.05, 4.69) is 16.4 Å². The van der Waals surface area contributed by atoms with E-state index in [9.17, 15) is 4.79 Å². The lowest BCUT2D eigenvalue weighted by Gasteiger charge is -2.19. The molecule has 2 aromatic rings. The van der Waals surface area contributed by atoms with Crippen LogP contribution >= 0.6 is 11.3 Å². The molecule has 0 N–H and O–H groups in total. The van der Waals surface area contributed by atoms with Crippen molar-refractivity contribution in [2.75, 3.05) is 0 Å². The van der Waals surface area contributed by atoms with Gasteiger partial charge in [0.15, 0.2) is 0 Å². The number of thiophene rings is 1. The van der Waals surface area contributed by atoms with Gasteiger partial charge in [0, 0.05) is 29.4 Å². The van der Waals surface area contributed by atoms with E-state index in [4.69, 9.17) is 0 Å². The molecular formula is C16H16N2OS. The van der Waals surface area contributed by atoms with Gasteiger partial charge >= 0.3 is 0 Å². The zero-order valence-electron chi connectivity index (χ0n) is 11.1. The van der Waals surface area contributed by atoms with Crippen molar-refractivity contribution < 1.29 is 4.79 Å².